The molecule has 5 atom stereocenters. The maximum Gasteiger partial charge on any atom is 0.302 e. The molecular formula is C18H23FN4O3. The molecule has 0 radical (unpaired) electrons. The average Bonchev–Trinajstić information content (AvgIpc) is 3.07. The molecule has 8 heteroatoms. The first-order chi connectivity index (χ1) is 12.4. The van der Waals surface area contributed by atoms with Crippen molar-refractivity contribution in [1.82, 2.24) is 15.0 Å². The Balaban J connectivity index is 1.85. The normalized spacial score (nSPS) is 28.7. The van der Waals surface area contributed by atoms with Gasteiger partial charge in [0.15, 0.2) is 0 Å². The summed E-state index contributed by atoms with van der Waals surface area (Å²) in [6, 6.07) is 6.13. The molecule has 0 bridgehead atoms. The van der Waals surface area contributed by atoms with Gasteiger partial charge in [0.25, 0.3) is 0 Å². The number of halogens is 1. The maximum atomic E-state index is 13.5. The molecule has 1 aliphatic rings. The van der Waals surface area contributed by atoms with Crippen molar-refractivity contribution in [2.24, 2.45) is 17.6 Å². The van der Waals surface area contributed by atoms with Crippen molar-refractivity contribution in [3.63, 3.8) is 0 Å². The SMILES string of the molecule is CC(=O)OCC1OC(N)C(C)[C@@H](n2cc(-c3cccc(F)c3)nn2)[C@H]1C. The van der Waals surface area contributed by atoms with Crippen molar-refractivity contribution in [2.45, 2.75) is 39.1 Å². The van der Waals surface area contributed by atoms with Gasteiger partial charge in [0.2, 0.25) is 0 Å². The van der Waals surface area contributed by atoms with Crippen molar-refractivity contribution >= 4 is 5.97 Å². The van der Waals surface area contributed by atoms with Gasteiger partial charge in [0.05, 0.1) is 18.3 Å². The number of esters is 1. The van der Waals surface area contributed by atoms with Crippen LogP contribution in [0.3, 0.4) is 0 Å². The molecule has 2 N–H and O–H groups in total. The number of aromatic nitrogens is 3. The Morgan fingerprint density at radius 1 is 1.38 bits per heavy atom. The Bertz CT molecular complexity index is 781. The van der Waals surface area contributed by atoms with Crippen LogP contribution >= 0.6 is 0 Å². The standard InChI is InChI=1S/C18H23FN4O3/c1-10-16(9-25-12(3)24)26-18(20)11(2)17(10)23-8-15(21-22-23)13-5-4-6-14(19)7-13/h4-8,10-11,16-18H,9,20H2,1-3H3/t10-,11?,16?,17-,18?/m0/s1. The van der Waals surface area contributed by atoms with E-state index in [1.165, 1.54) is 19.1 Å². The monoisotopic (exact) mass is 362 g/mol. The minimum Gasteiger partial charge on any atom is -0.463 e. The lowest BCUT2D eigenvalue weighted by Crippen LogP contribution is -2.51. The highest BCUT2D eigenvalue weighted by Gasteiger charge is 2.42. The first-order valence-electron chi connectivity index (χ1n) is 8.59. The lowest BCUT2D eigenvalue weighted by atomic mass is 9.83. The van der Waals surface area contributed by atoms with E-state index in [4.69, 9.17) is 15.2 Å². The van der Waals surface area contributed by atoms with Gasteiger partial charge in [-0.3, -0.25) is 4.79 Å². The van der Waals surface area contributed by atoms with Gasteiger partial charge in [-0.15, -0.1) is 5.10 Å². The zero-order chi connectivity index (χ0) is 18.8. The molecule has 26 heavy (non-hydrogen) atoms. The summed E-state index contributed by atoms with van der Waals surface area (Å²) >= 11 is 0. The van der Waals surface area contributed by atoms with Crippen molar-refractivity contribution in [1.29, 1.82) is 0 Å². The molecule has 0 spiro atoms. The zero-order valence-electron chi connectivity index (χ0n) is 15.0. The molecule has 1 aromatic carbocycles. The molecule has 2 aromatic rings. The summed E-state index contributed by atoms with van der Waals surface area (Å²) < 4.78 is 26.1. The van der Waals surface area contributed by atoms with Crippen LogP contribution in [0.4, 0.5) is 4.39 Å². The van der Waals surface area contributed by atoms with Gasteiger partial charge in [-0.25, -0.2) is 9.07 Å². The van der Waals surface area contributed by atoms with Crippen LogP contribution in [0.2, 0.25) is 0 Å². The third kappa shape index (κ3) is 3.76. The summed E-state index contributed by atoms with van der Waals surface area (Å²) in [6.07, 6.45) is 0.934. The van der Waals surface area contributed by atoms with Gasteiger partial charge in [-0.05, 0) is 12.1 Å². The largest absolute Gasteiger partial charge is 0.463 e. The highest BCUT2D eigenvalue weighted by Crippen LogP contribution is 2.37. The zero-order valence-corrected chi connectivity index (χ0v) is 15.0. The minimum absolute atomic E-state index is 0.00814. The molecule has 1 aliphatic heterocycles. The fourth-order valence-corrected chi connectivity index (χ4v) is 3.42. The highest BCUT2D eigenvalue weighted by molar-refractivity contribution is 5.65. The number of carbonyl (C=O) groups excluding carboxylic acids is 1. The fraction of sp³-hybridized carbons (Fsp3) is 0.500. The summed E-state index contributed by atoms with van der Waals surface area (Å²) in [6.45, 7) is 5.48. The Hall–Kier alpha value is -2.32. The molecule has 1 fully saturated rings. The van der Waals surface area contributed by atoms with E-state index in [0.717, 1.165) is 0 Å². The summed E-state index contributed by atoms with van der Waals surface area (Å²) in [7, 11) is 0. The smallest absolute Gasteiger partial charge is 0.302 e. The number of hydrogen-bond acceptors (Lipinski definition) is 6. The Morgan fingerprint density at radius 2 is 2.15 bits per heavy atom. The van der Waals surface area contributed by atoms with Crippen LogP contribution in [0.1, 0.15) is 26.8 Å². The van der Waals surface area contributed by atoms with E-state index < -0.39 is 6.23 Å². The summed E-state index contributed by atoms with van der Waals surface area (Å²) in [4.78, 5) is 11.1. The molecule has 3 unspecified atom stereocenters. The number of ether oxygens (including phenoxy) is 2. The molecule has 0 aliphatic carbocycles. The number of hydrogen-bond donors (Lipinski definition) is 1. The molecule has 140 valence electrons. The van der Waals surface area contributed by atoms with Crippen molar-refractivity contribution < 1.29 is 18.7 Å². The van der Waals surface area contributed by atoms with Gasteiger partial charge in [-0.1, -0.05) is 31.2 Å². The van der Waals surface area contributed by atoms with E-state index in [1.807, 2.05) is 13.8 Å². The second-order valence-electron chi connectivity index (χ2n) is 6.74. The molecule has 3 rings (SSSR count). The average molecular weight is 362 g/mol. The lowest BCUT2D eigenvalue weighted by molar-refractivity contribution is -0.167. The van der Waals surface area contributed by atoms with Gasteiger partial charge >= 0.3 is 5.97 Å². The first-order valence-corrected chi connectivity index (χ1v) is 8.59. The second kappa shape index (κ2) is 7.51. The van der Waals surface area contributed by atoms with Crippen LogP contribution in [0, 0.1) is 17.7 Å². The second-order valence-corrected chi connectivity index (χ2v) is 6.74. The number of nitrogens with two attached hydrogens (primary N) is 1. The molecule has 0 amide bonds. The van der Waals surface area contributed by atoms with Gasteiger partial charge < -0.3 is 15.2 Å². The topological polar surface area (TPSA) is 92.3 Å². The lowest BCUT2D eigenvalue weighted by Gasteiger charge is -2.43. The molecule has 1 aromatic heterocycles. The van der Waals surface area contributed by atoms with E-state index in [1.54, 1.807) is 23.0 Å². The van der Waals surface area contributed by atoms with Crippen molar-refractivity contribution in [2.75, 3.05) is 6.61 Å². The van der Waals surface area contributed by atoms with E-state index >= 15 is 0 Å². The van der Waals surface area contributed by atoms with Crippen LogP contribution in [0.5, 0.6) is 0 Å². The van der Waals surface area contributed by atoms with Crippen LogP contribution in [0.25, 0.3) is 11.3 Å². The van der Waals surface area contributed by atoms with Crippen molar-refractivity contribution in [3.05, 3.63) is 36.3 Å². The molecule has 0 saturated carbocycles. The van der Waals surface area contributed by atoms with Gasteiger partial charge in [0, 0.05) is 24.3 Å². The number of rotatable bonds is 4. The van der Waals surface area contributed by atoms with Crippen LogP contribution in [0.15, 0.2) is 30.5 Å². The molecular weight excluding hydrogens is 339 g/mol. The third-order valence-corrected chi connectivity index (χ3v) is 4.90. The Morgan fingerprint density at radius 3 is 2.85 bits per heavy atom. The number of nitrogens with zero attached hydrogens (tertiary/aromatic N) is 3. The Labute approximate surface area is 151 Å². The quantitative estimate of drug-likeness (QED) is 0.838. The van der Waals surface area contributed by atoms with Gasteiger partial charge in [-0.2, -0.15) is 0 Å². The van der Waals surface area contributed by atoms with Crippen molar-refractivity contribution in [3.8, 4) is 11.3 Å². The number of benzene rings is 1. The number of carbonyl (C=O) groups is 1. The predicted octanol–water partition coefficient (Wildman–Crippen LogP) is 2.14. The van der Waals surface area contributed by atoms with Crippen LogP contribution in [-0.2, 0) is 14.3 Å². The molecule has 1 saturated heterocycles. The minimum atomic E-state index is -0.515. The van der Waals surface area contributed by atoms with E-state index in [2.05, 4.69) is 10.3 Å². The summed E-state index contributed by atoms with van der Waals surface area (Å²) in [5, 5.41) is 8.41. The van der Waals surface area contributed by atoms with Crippen LogP contribution in [-0.4, -0.2) is 39.9 Å². The Kier molecular flexibility index (Phi) is 5.33. The molecule has 7 nitrogen and oxygen atoms in total. The van der Waals surface area contributed by atoms with E-state index in [0.29, 0.717) is 11.3 Å². The first kappa shape index (κ1) is 18.5. The van der Waals surface area contributed by atoms with E-state index in [9.17, 15) is 9.18 Å². The fourth-order valence-electron chi connectivity index (χ4n) is 3.42. The van der Waals surface area contributed by atoms with Gasteiger partial charge in [0.1, 0.15) is 24.3 Å². The maximum absolute atomic E-state index is 13.5. The van der Waals surface area contributed by atoms with E-state index in [-0.39, 0.29) is 42.4 Å². The summed E-state index contributed by atoms with van der Waals surface area (Å²) in [5.41, 5.74) is 7.37. The summed E-state index contributed by atoms with van der Waals surface area (Å²) in [5.74, 6) is -0.723. The van der Waals surface area contributed by atoms with Crippen LogP contribution < -0.4 is 5.73 Å². The molecule has 2 heterocycles. The highest BCUT2D eigenvalue weighted by atomic mass is 19.1. The predicted molar refractivity (Wildman–Crippen MR) is 92.3 cm³/mol. The third-order valence-electron chi connectivity index (χ3n) is 4.90.